The number of carboxylic acids is 1. The first-order chi connectivity index (χ1) is 9.61. The lowest BCUT2D eigenvalue weighted by Crippen LogP contribution is -2.50. The molecule has 108 valence electrons. The molecule has 0 unspecified atom stereocenters. The van der Waals surface area contributed by atoms with Gasteiger partial charge in [0.1, 0.15) is 12.4 Å². The van der Waals surface area contributed by atoms with E-state index in [0.717, 1.165) is 0 Å². The number of pyridine rings is 1. The Morgan fingerprint density at radius 1 is 1.35 bits per heavy atom. The van der Waals surface area contributed by atoms with Gasteiger partial charge < -0.3 is 19.6 Å². The van der Waals surface area contributed by atoms with Gasteiger partial charge in [0.15, 0.2) is 0 Å². The third-order valence-corrected chi connectivity index (χ3v) is 3.22. The highest BCUT2D eigenvalue weighted by Crippen LogP contribution is 2.15. The van der Waals surface area contributed by atoms with E-state index in [1.165, 1.54) is 19.4 Å². The molecular weight excluding hydrogens is 262 g/mol. The molecule has 0 bridgehead atoms. The van der Waals surface area contributed by atoms with Gasteiger partial charge in [-0.05, 0) is 12.1 Å². The second-order valence-corrected chi connectivity index (χ2v) is 4.51. The van der Waals surface area contributed by atoms with Gasteiger partial charge in [-0.25, -0.2) is 9.78 Å². The van der Waals surface area contributed by atoms with Crippen LogP contribution in [0.2, 0.25) is 0 Å². The fraction of sp³-hybridized carbons (Fsp3) is 0.462. The van der Waals surface area contributed by atoms with E-state index in [-0.39, 0.29) is 18.1 Å². The number of hydrogen-bond donors (Lipinski definition) is 1. The molecule has 7 nitrogen and oxygen atoms in total. The van der Waals surface area contributed by atoms with Gasteiger partial charge in [-0.15, -0.1) is 0 Å². The molecule has 2 heterocycles. The van der Waals surface area contributed by atoms with Crippen molar-refractivity contribution in [1.29, 1.82) is 0 Å². The van der Waals surface area contributed by atoms with Crippen LogP contribution < -0.4 is 4.90 Å². The molecule has 1 aliphatic heterocycles. The van der Waals surface area contributed by atoms with E-state index in [4.69, 9.17) is 9.84 Å². The topological polar surface area (TPSA) is 83.0 Å². The third kappa shape index (κ3) is 3.24. The Hall–Kier alpha value is -2.15. The van der Waals surface area contributed by atoms with E-state index in [9.17, 15) is 9.59 Å². The van der Waals surface area contributed by atoms with E-state index in [0.29, 0.717) is 32.0 Å². The Kier molecular flexibility index (Phi) is 4.52. The molecule has 1 aliphatic rings. The average Bonchev–Trinajstić information content (AvgIpc) is 2.48. The number of carbonyl (C=O) groups is 2. The zero-order valence-electron chi connectivity index (χ0n) is 11.3. The molecule has 1 aromatic rings. The summed E-state index contributed by atoms with van der Waals surface area (Å²) in [6.07, 6.45) is 1.49. The average molecular weight is 279 g/mol. The SMILES string of the molecule is COCC(=O)N1CCN(c2cc(C(=O)O)ccn2)CC1. The van der Waals surface area contributed by atoms with Crippen molar-refractivity contribution < 1.29 is 19.4 Å². The number of piperazine rings is 1. The number of anilines is 1. The molecule has 20 heavy (non-hydrogen) atoms. The fourth-order valence-corrected chi connectivity index (χ4v) is 2.12. The maximum absolute atomic E-state index is 11.7. The van der Waals surface area contributed by atoms with Crippen molar-refractivity contribution in [2.45, 2.75) is 0 Å². The monoisotopic (exact) mass is 279 g/mol. The predicted octanol–water partition coefficient (Wildman–Crippen LogP) is 0.0748. The zero-order chi connectivity index (χ0) is 14.5. The quantitative estimate of drug-likeness (QED) is 0.840. The summed E-state index contributed by atoms with van der Waals surface area (Å²) in [7, 11) is 1.50. The Morgan fingerprint density at radius 2 is 2.05 bits per heavy atom. The minimum Gasteiger partial charge on any atom is -0.478 e. The molecule has 1 fully saturated rings. The number of ether oxygens (including phenoxy) is 1. The highest BCUT2D eigenvalue weighted by molar-refractivity contribution is 5.88. The minimum absolute atomic E-state index is 0.0283. The summed E-state index contributed by atoms with van der Waals surface area (Å²) in [5.74, 6) is -0.370. The van der Waals surface area contributed by atoms with Crippen LogP contribution in [0.3, 0.4) is 0 Å². The smallest absolute Gasteiger partial charge is 0.335 e. The first-order valence-corrected chi connectivity index (χ1v) is 6.33. The normalized spacial score (nSPS) is 15.2. The Balaban J connectivity index is 1.98. The first kappa shape index (κ1) is 14.3. The lowest BCUT2D eigenvalue weighted by Gasteiger charge is -2.35. The van der Waals surface area contributed by atoms with E-state index < -0.39 is 5.97 Å². The van der Waals surface area contributed by atoms with Gasteiger partial charge in [0.2, 0.25) is 5.91 Å². The van der Waals surface area contributed by atoms with Crippen LogP contribution in [0.4, 0.5) is 5.82 Å². The van der Waals surface area contributed by atoms with Crippen LogP contribution in [0.25, 0.3) is 0 Å². The zero-order valence-corrected chi connectivity index (χ0v) is 11.3. The lowest BCUT2D eigenvalue weighted by atomic mass is 10.2. The summed E-state index contributed by atoms with van der Waals surface area (Å²) < 4.78 is 4.83. The van der Waals surface area contributed by atoms with Gasteiger partial charge in [-0.3, -0.25) is 4.79 Å². The van der Waals surface area contributed by atoms with Crippen molar-refractivity contribution in [3.8, 4) is 0 Å². The number of hydrogen-bond acceptors (Lipinski definition) is 5. The van der Waals surface area contributed by atoms with Crippen LogP contribution in [-0.4, -0.2) is 66.8 Å². The second kappa shape index (κ2) is 6.33. The molecule has 1 amide bonds. The van der Waals surface area contributed by atoms with Crippen molar-refractivity contribution in [3.63, 3.8) is 0 Å². The molecule has 1 N–H and O–H groups in total. The number of aromatic nitrogens is 1. The number of carboxylic acid groups (broad SMARTS) is 1. The number of methoxy groups -OCH3 is 1. The van der Waals surface area contributed by atoms with E-state index in [1.807, 2.05) is 4.90 Å². The Bertz CT molecular complexity index is 498. The van der Waals surface area contributed by atoms with E-state index in [1.54, 1.807) is 11.0 Å². The van der Waals surface area contributed by atoms with Gasteiger partial charge in [-0.2, -0.15) is 0 Å². The molecule has 0 aliphatic carbocycles. The molecule has 0 atom stereocenters. The van der Waals surface area contributed by atoms with Gasteiger partial charge in [0.05, 0.1) is 5.56 Å². The van der Waals surface area contributed by atoms with Crippen molar-refractivity contribution in [1.82, 2.24) is 9.88 Å². The van der Waals surface area contributed by atoms with Crippen LogP contribution in [0.15, 0.2) is 18.3 Å². The number of aromatic carboxylic acids is 1. The van der Waals surface area contributed by atoms with Crippen molar-refractivity contribution in [3.05, 3.63) is 23.9 Å². The molecule has 1 saturated heterocycles. The van der Waals surface area contributed by atoms with Gasteiger partial charge >= 0.3 is 5.97 Å². The van der Waals surface area contributed by atoms with Gasteiger partial charge in [-0.1, -0.05) is 0 Å². The van der Waals surface area contributed by atoms with Gasteiger partial charge in [0, 0.05) is 39.5 Å². The molecule has 0 aromatic carbocycles. The largest absolute Gasteiger partial charge is 0.478 e. The summed E-state index contributed by atoms with van der Waals surface area (Å²) in [5.41, 5.74) is 0.216. The fourth-order valence-electron chi connectivity index (χ4n) is 2.12. The van der Waals surface area contributed by atoms with Crippen LogP contribution in [0.5, 0.6) is 0 Å². The Morgan fingerprint density at radius 3 is 2.65 bits per heavy atom. The molecule has 1 aromatic heterocycles. The third-order valence-electron chi connectivity index (χ3n) is 3.22. The van der Waals surface area contributed by atoms with Crippen LogP contribution in [-0.2, 0) is 9.53 Å². The second-order valence-electron chi connectivity index (χ2n) is 4.51. The van der Waals surface area contributed by atoms with Crippen LogP contribution >= 0.6 is 0 Å². The molecule has 7 heteroatoms. The first-order valence-electron chi connectivity index (χ1n) is 6.33. The number of nitrogens with zero attached hydrogens (tertiary/aromatic N) is 3. The van der Waals surface area contributed by atoms with Crippen molar-refractivity contribution in [2.75, 3.05) is 44.8 Å². The molecular formula is C13H17N3O4. The summed E-state index contributed by atoms with van der Waals surface area (Å²) in [6, 6.07) is 3.01. The molecule has 0 saturated carbocycles. The Labute approximate surface area is 116 Å². The highest BCUT2D eigenvalue weighted by Gasteiger charge is 2.22. The summed E-state index contributed by atoms with van der Waals surface area (Å²) in [6.45, 7) is 2.52. The number of amides is 1. The molecule has 0 radical (unpaired) electrons. The van der Waals surface area contributed by atoms with Crippen LogP contribution in [0, 0.1) is 0 Å². The predicted molar refractivity (Wildman–Crippen MR) is 71.9 cm³/mol. The molecule has 2 rings (SSSR count). The number of carbonyl (C=O) groups excluding carboxylic acids is 1. The maximum atomic E-state index is 11.7. The van der Waals surface area contributed by atoms with E-state index >= 15 is 0 Å². The summed E-state index contributed by atoms with van der Waals surface area (Å²) >= 11 is 0. The van der Waals surface area contributed by atoms with Crippen molar-refractivity contribution >= 4 is 17.7 Å². The maximum Gasteiger partial charge on any atom is 0.335 e. The summed E-state index contributed by atoms with van der Waals surface area (Å²) in [4.78, 5) is 30.5. The molecule has 0 spiro atoms. The lowest BCUT2D eigenvalue weighted by molar-refractivity contribution is -0.135. The minimum atomic E-state index is -0.970. The van der Waals surface area contributed by atoms with Gasteiger partial charge in [0.25, 0.3) is 0 Å². The summed E-state index contributed by atoms with van der Waals surface area (Å²) in [5, 5.41) is 8.97. The standard InChI is InChI=1S/C13H17N3O4/c1-20-9-12(17)16-6-4-15(5-7-16)11-8-10(13(18)19)2-3-14-11/h2-3,8H,4-7,9H2,1H3,(H,18,19). The van der Waals surface area contributed by atoms with Crippen LogP contribution in [0.1, 0.15) is 10.4 Å². The highest BCUT2D eigenvalue weighted by atomic mass is 16.5. The van der Waals surface area contributed by atoms with E-state index in [2.05, 4.69) is 4.98 Å². The number of rotatable bonds is 4. The van der Waals surface area contributed by atoms with Crippen molar-refractivity contribution in [2.24, 2.45) is 0 Å².